The van der Waals surface area contributed by atoms with E-state index in [1.165, 1.54) is 17.7 Å². The van der Waals surface area contributed by atoms with Crippen LogP contribution in [0.25, 0.3) is 5.52 Å². The molecule has 3 rings (SSSR count). The lowest BCUT2D eigenvalue weighted by Crippen LogP contribution is -2.07. The van der Waals surface area contributed by atoms with E-state index in [0.29, 0.717) is 11.6 Å². The van der Waals surface area contributed by atoms with Gasteiger partial charge in [-0.05, 0) is 44.7 Å². The predicted octanol–water partition coefficient (Wildman–Crippen LogP) is 2.19. The van der Waals surface area contributed by atoms with Gasteiger partial charge in [-0.25, -0.2) is 4.52 Å². The van der Waals surface area contributed by atoms with Crippen LogP contribution in [0.5, 0.6) is 5.88 Å². The van der Waals surface area contributed by atoms with Crippen LogP contribution in [0.3, 0.4) is 0 Å². The molecule has 4 nitrogen and oxygen atoms in total. The third-order valence-corrected chi connectivity index (χ3v) is 3.20. The number of ether oxygens (including phenoxy) is 1. The van der Waals surface area contributed by atoms with Crippen molar-refractivity contribution in [3.8, 4) is 5.88 Å². The maximum atomic E-state index is 6.07. The number of rotatable bonds is 2. The Balaban J connectivity index is 2.19. The summed E-state index contributed by atoms with van der Waals surface area (Å²) in [5, 5.41) is 4.49. The summed E-state index contributed by atoms with van der Waals surface area (Å²) in [6.07, 6.45) is 3.52. The molecule has 2 aromatic heterocycles. The zero-order valence-electron chi connectivity index (χ0n) is 10.2. The summed E-state index contributed by atoms with van der Waals surface area (Å²) < 4.78 is 7.59. The van der Waals surface area contributed by atoms with Crippen LogP contribution < -0.4 is 10.5 Å². The van der Waals surface area contributed by atoms with Crippen LogP contribution in [-0.2, 0) is 12.8 Å². The third-order valence-electron chi connectivity index (χ3n) is 3.20. The van der Waals surface area contributed by atoms with E-state index in [0.717, 1.165) is 18.4 Å². The van der Waals surface area contributed by atoms with Gasteiger partial charge >= 0.3 is 0 Å². The van der Waals surface area contributed by atoms with Gasteiger partial charge in [-0.2, -0.15) is 0 Å². The lowest BCUT2D eigenvalue weighted by Gasteiger charge is -2.05. The highest BCUT2D eigenvalue weighted by molar-refractivity contribution is 5.75. The van der Waals surface area contributed by atoms with Crippen molar-refractivity contribution in [1.29, 1.82) is 0 Å². The van der Waals surface area contributed by atoms with Crippen molar-refractivity contribution >= 4 is 11.2 Å². The predicted molar refractivity (Wildman–Crippen MR) is 67.4 cm³/mol. The van der Waals surface area contributed by atoms with E-state index < -0.39 is 0 Å². The number of anilines is 1. The largest absolute Gasteiger partial charge is 0.472 e. The van der Waals surface area contributed by atoms with E-state index in [-0.39, 0.29) is 6.10 Å². The zero-order valence-corrected chi connectivity index (χ0v) is 10.2. The van der Waals surface area contributed by atoms with E-state index in [1.54, 1.807) is 0 Å². The minimum absolute atomic E-state index is 0.0928. The molecular formula is C13H17N3O. The summed E-state index contributed by atoms with van der Waals surface area (Å²) in [7, 11) is 0. The Morgan fingerprint density at radius 1 is 1.35 bits per heavy atom. The van der Waals surface area contributed by atoms with Gasteiger partial charge < -0.3 is 10.5 Å². The highest BCUT2D eigenvalue weighted by atomic mass is 16.5. The lowest BCUT2D eigenvalue weighted by atomic mass is 10.2. The SMILES string of the molecule is CC(C)Oc1nn2c3c(ccc2c1N)CCC3. The molecule has 17 heavy (non-hydrogen) atoms. The second kappa shape index (κ2) is 3.65. The second-order valence-corrected chi connectivity index (χ2v) is 4.84. The van der Waals surface area contributed by atoms with Crippen LogP contribution in [0.15, 0.2) is 12.1 Å². The van der Waals surface area contributed by atoms with Crippen LogP contribution in [0.2, 0.25) is 0 Å². The van der Waals surface area contributed by atoms with E-state index in [9.17, 15) is 0 Å². The van der Waals surface area contributed by atoms with Crippen LogP contribution in [0, 0.1) is 0 Å². The molecule has 0 saturated carbocycles. The van der Waals surface area contributed by atoms with Gasteiger partial charge in [0.05, 0.1) is 11.6 Å². The molecule has 0 amide bonds. The normalized spacial score (nSPS) is 14.5. The van der Waals surface area contributed by atoms with Crippen molar-refractivity contribution in [2.45, 2.75) is 39.2 Å². The first-order valence-electron chi connectivity index (χ1n) is 6.12. The van der Waals surface area contributed by atoms with E-state index in [1.807, 2.05) is 24.4 Å². The number of fused-ring (bicyclic) bond motifs is 3. The summed E-state index contributed by atoms with van der Waals surface area (Å²) in [6.45, 7) is 3.96. The first-order valence-corrected chi connectivity index (χ1v) is 6.12. The van der Waals surface area contributed by atoms with Gasteiger partial charge in [-0.3, -0.25) is 0 Å². The summed E-state index contributed by atoms with van der Waals surface area (Å²) >= 11 is 0. The van der Waals surface area contributed by atoms with E-state index in [2.05, 4.69) is 11.2 Å². The molecule has 2 N–H and O–H groups in total. The maximum absolute atomic E-state index is 6.07. The molecule has 1 aliphatic rings. The molecule has 0 aromatic carbocycles. The topological polar surface area (TPSA) is 52.5 Å². The number of nitrogen functional groups attached to an aromatic ring is 1. The highest BCUT2D eigenvalue weighted by Gasteiger charge is 2.19. The van der Waals surface area contributed by atoms with Crippen LogP contribution in [-0.4, -0.2) is 15.7 Å². The van der Waals surface area contributed by atoms with Crippen molar-refractivity contribution in [1.82, 2.24) is 9.61 Å². The fourth-order valence-electron chi connectivity index (χ4n) is 2.45. The fraction of sp³-hybridized carbons (Fsp3) is 0.462. The molecule has 0 unspecified atom stereocenters. The van der Waals surface area contributed by atoms with Crippen molar-refractivity contribution in [3.63, 3.8) is 0 Å². The molecule has 2 heterocycles. The van der Waals surface area contributed by atoms with Crippen LogP contribution in [0.4, 0.5) is 5.69 Å². The first kappa shape index (κ1) is 10.4. The van der Waals surface area contributed by atoms with Gasteiger partial charge in [0.25, 0.3) is 5.88 Å². The number of aromatic nitrogens is 2. The number of pyridine rings is 1. The number of hydrogen-bond acceptors (Lipinski definition) is 3. The van der Waals surface area contributed by atoms with Crippen molar-refractivity contribution in [3.05, 3.63) is 23.4 Å². The number of hydrogen-bond donors (Lipinski definition) is 1. The summed E-state index contributed by atoms with van der Waals surface area (Å²) in [6, 6.07) is 4.20. The first-order chi connectivity index (χ1) is 8.16. The van der Waals surface area contributed by atoms with Crippen LogP contribution in [0.1, 0.15) is 31.5 Å². The average molecular weight is 231 g/mol. The molecule has 0 saturated heterocycles. The minimum Gasteiger partial charge on any atom is -0.472 e. The average Bonchev–Trinajstić information content (AvgIpc) is 2.84. The molecule has 90 valence electrons. The Morgan fingerprint density at radius 3 is 2.94 bits per heavy atom. The smallest absolute Gasteiger partial charge is 0.257 e. The molecular weight excluding hydrogens is 214 g/mol. The molecule has 0 fully saturated rings. The number of nitrogens with zero attached hydrogens (tertiary/aromatic N) is 2. The minimum atomic E-state index is 0.0928. The van der Waals surface area contributed by atoms with E-state index >= 15 is 0 Å². The highest BCUT2D eigenvalue weighted by Crippen LogP contribution is 2.31. The van der Waals surface area contributed by atoms with Crippen molar-refractivity contribution < 1.29 is 4.74 Å². The quantitative estimate of drug-likeness (QED) is 0.862. The Bertz CT molecular complexity index is 572. The summed E-state index contributed by atoms with van der Waals surface area (Å²) in [5.74, 6) is 0.556. The van der Waals surface area contributed by atoms with Gasteiger partial charge in [-0.15, -0.1) is 5.10 Å². The van der Waals surface area contributed by atoms with Gasteiger partial charge in [0.2, 0.25) is 0 Å². The Morgan fingerprint density at radius 2 is 2.18 bits per heavy atom. The van der Waals surface area contributed by atoms with Gasteiger partial charge in [0, 0.05) is 5.69 Å². The van der Waals surface area contributed by atoms with Crippen LogP contribution >= 0.6 is 0 Å². The molecule has 4 heteroatoms. The van der Waals surface area contributed by atoms with E-state index in [4.69, 9.17) is 10.5 Å². The molecule has 0 aliphatic heterocycles. The molecule has 0 atom stereocenters. The molecule has 2 aromatic rings. The van der Waals surface area contributed by atoms with Crippen molar-refractivity contribution in [2.24, 2.45) is 0 Å². The van der Waals surface area contributed by atoms with Gasteiger partial charge in [-0.1, -0.05) is 6.07 Å². The van der Waals surface area contributed by atoms with Crippen molar-refractivity contribution in [2.75, 3.05) is 5.73 Å². The fourth-order valence-corrected chi connectivity index (χ4v) is 2.45. The molecule has 0 spiro atoms. The maximum Gasteiger partial charge on any atom is 0.257 e. The Labute approximate surface area is 100 Å². The zero-order chi connectivity index (χ0) is 12.0. The van der Waals surface area contributed by atoms with Gasteiger partial charge in [0.1, 0.15) is 5.69 Å². The molecule has 1 aliphatic carbocycles. The second-order valence-electron chi connectivity index (χ2n) is 4.84. The third kappa shape index (κ3) is 1.55. The monoisotopic (exact) mass is 231 g/mol. The van der Waals surface area contributed by atoms with Gasteiger partial charge in [0.15, 0.2) is 0 Å². The standard InChI is InChI=1S/C13H17N3O/c1-8(2)17-13-12(14)11-7-6-9-4-3-5-10(9)16(11)15-13/h6-8H,3-5,14H2,1-2H3. The summed E-state index contributed by atoms with van der Waals surface area (Å²) in [4.78, 5) is 0. The lowest BCUT2D eigenvalue weighted by molar-refractivity contribution is 0.233. The Hall–Kier alpha value is -1.71. The molecule has 0 radical (unpaired) electrons. The number of nitrogens with two attached hydrogens (primary N) is 1. The summed E-state index contributed by atoms with van der Waals surface area (Å²) in [5.41, 5.74) is 10.3. The number of aryl methyl sites for hydroxylation is 2. The molecule has 0 bridgehead atoms. The Kier molecular flexibility index (Phi) is 2.24.